The normalized spacial score (nSPS) is 22.3. The van der Waals surface area contributed by atoms with Crippen LogP contribution in [0.25, 0.3) is 5.57 Å². The number of carbonyl (C=O) groups excluding carboxylic acids is 4. The van der Waals surface area contributed by atoms with Gasteiger partial charge in [0.1, 0.15) is 5.76 Å². The van der Waals surface area contributed by atoms with Gasteiger partial charge in [0.15, 0.2) is 15.3 Å². The molecular weight excluding hydrogens is 1370 g/mol. The fraction of sp³-hybridized carbons (Fsp3) is 0.600. The van der Waals surface area contributed by atoms with E-state index in [0.717, 1.165) is 53.9 Å². The largest absolute Gasteiger partial charge is 0.506 e. The third-order valence-electron chi connectivity index (χ3n) is 23.1. The van der Waals surface area contributed by atoms with Crippen LogP contribution in [0.5, 0.6) is 11.5 Å². The topological polar surface area (TPSA) is 281 Å². The van der Waals surface area contributed by atoms with Gasteiger partial charge in [0.2, 0.25) is 35.0 Å². The maximum Gasteiger partial charge on any atom is 0.275 e. The molecule has 3 aromatic carbocycles. The number of hydrogen-bond acceptors (Lipinski definition) is 15. The average Bonchev–Trinajstić information content (AvgIpc) is 1.35. The molecule has 0 aromatic heterocycles. The molecule has 3 aliphatic heterocycles. The summed E-state index contributed by atoms with van der Waals surface area (Å²) < 4.78 is 0. The SMILES string of the molecule is CC(C)N1C2=CC(=NC(=O)CCNC(=S)NC3CCCCC3)C(=C3C(=O)C(c4cc5c(cc4NC(=O)CCNC(=S)NC4CCCCC4)N(C(C)C)C(C)C5(C)C)=C3O)C=C2C(C)(C)C1C.CC(C)N1c2cc(NC(=O)CCNC(=S)NC3CCCCC3)ccc2C(C)(C)C1C.O=c1c(O)c(O)c1=O. The number of nitrogens with zero attached hydrogens (tertiary/aromatic N) is 4. The number of aromatic hydroxyl groups is 2. The van der Waals surface area contributed by atoms with Gasteiger partial charge >= 0.3 is 0 Å². The number of likely N-dealkylation sites (tertiary alicyclic amines) is 1. The number of anilines is 4. The molecule has 8 aliphatic rings. The van der Waals surface area contributed by atoms with Gasteiger partial charge in [0.05, 0.1) is 22.5 Å². The van der Waals surface area contributed by atoms with Crippen molar-refractivity contribution in [2.45, 2.75) is 285 Å². The van der Waals surface area contributed by atoms with E-state index in [1.54, 1.807) is 0 Å². The molecule has 4 fully saturated rings. The number of rotatable bonds is 18. The number of aliphatic hydroxyl groups excluding tert-OH is 1. The molecule has 1 saturated heterocycles. The zero-order chi connectivity index (χ0) is 76.0. The van der Waals surface area contributed by atoms with Crippen LogP contribution in [0.2, 0.25) is 0 Å². The first-order valence-corrected chi connectivity index (χ1v) is 39.2. The van der Waals surface area contributed by atoms with Crippen LogP contribution < -0.4 is 63.2 Å². The Hall–Kier alpha value is -7.70. The second-order valence-corrected chi connectivity index (χ2v) is 33.3. The fourth-order valence-electron chi connectivity index (χ4n) is 16.3. The molecule has 104 heavy (non-hydrogen) atoms. The van der Waals surface area contributed by atoms with E-state index in [9.17, 15) is 33.9 Å². The molecule has 3 unspecified atom stereocenters. The van der Waals surface area contributed by atoms with E-state index in [1.165, 1.54) is 81.9 Å². The monoisotopic (exact) mass is 1480 g/mol. The van der Waals surface area contributed by atoms with Gasteiger partial charge in [-0.05, 0) is 191 Å². The Balaban J connectivity index is 0.000000270. The molecule has 24 heteroatoms. The Labute approximate surface area is 631 Å². The summed E-state index contributed by atoms with van der Waals surface area (Å²) in [5.74, 6) is -2.81. The van der Waals surface area contributed by atoms with Crippen molar-refractivity contribution < 1.29 is 34.5 Å². The number of nitrogens with one attached hydrogen (secondary N) is 8. The summed E-state index contributed by atoms with van der Waals surface area (Å²) in [6, 6.07) is 12.8. The maximum atomic E-state index is 14.9. The van der Waals surface area contributed by atoms with Gasteiger partial charge < -0.3 is 72.6 Å². The summed E-state index contributed by atoms with van der Waals surface area (Å²) in [4.78, 5) is 86.6. The fourth-order valence-corrected chi connectivity index (χ4v) is 17.1. The first-order valence-electron chi connectivity index (χ1n) is 38.0. The molecule has 3 atom stereocenters. The standard InChI is InChI=1S/C52H74N8O4S2.C24H38N4OS.C4H2O4/c1-29(2)59-31(5)51(7,8)37-25-35(39(27-41(37)59)57-43(61)21-23-53-49(65)55-33-17-13-11-14-18-33)45-47(63)46(48(45)64)36-26-38-42(60(30(3)4)32(6)52(38,9)10)28-40(36)58-44(62)22-24-54-50(66)56-34-19-15-12-16-20-34;1-16(2)28-17(3)24(4,5)20-12-11-19(15-21(20)28)26-22(29)13-14-25-23(30)27-18-9-7-6-8-10-18;5-1-2(6)4(8)3(1)7/h25-34,63H,11-24H2,1-10H3,(H,57,61)(H2,53,55,65)(H2,54,56,66);11-12,15-18H,6-10,13-14H2,1-5H3,(H,26,29)(H2,25,27,30);5-6H. The highest BCUT2D eigenvalue weighted by Gasteiger charge is 2.50. The Morgan fingerprint density at radius 3 is 1.39 bits per heavy atom. The van der Waals surface area contributed by atoms with E-state index >= 15 is 0 Å². The number of ketones is 1. The minimum atomic E-state index is -1.01. The van der Waals surface area contributed by atoms with Crippen molar-refractivity contribution in [3.05, 3.63) is 108 Å². The smallest absolute Gasteiger partial charge is 0.275 e. The zero-order valence-electron chi connectivity index (χ0n) is 63.9. The molecule has 0 radical (unpaired) electrons. The Bertz CT molecular complexity index is 3980. The number of Topliss-reactive ketones (excluding diaryl/α,β-unsaturated/α-hetero) is 1. The van der Waals surface area contributed by atoms with Crippen LogP contribution in [0.1, 0.15) is 236 Å². The van der Waals surface area contributed by atoms with Crippen molar-refractivity contribution in [1.29, 1.82) is 0 Å². The first kappa shape index (κ1) is 80.4. The third-order valence-corrected chi connectivity index (χ3v) is 23.9. The van der Waals surface area contributed by atoms with Gasteiger partial charge in [-0.15, -0.1) is 0 Å². The quantitative estimate of drug-likeness (QED) is 0.0321. The van der Waals surface area contributed by atoms with Gasteiger partial charge in [-0.1, -0.05) is 105 Å². The number of amides is 3. The molecule has 11 rings (SSSR count). The lowest BCUT2D eigenvalue weighted by Gasteiger charge is -2.34. The van der Waals surface area contributed by atoms with Crippen molar-refractivity contribution in [2.24, 2.45) is 10.4 Å². The van der Waals surface area contributed by atoms with Gasteiger partial charge in [-0.25, -0.2) is 4.99 Å². The highest BCUT2D eigenvalue weighted by Crippen LogP contribution is 2.54. The van der Waals surface area contributed by atoms with Crippen LogP contribution in [0, 0.1) is 5.41 Å². The number of benzene rings is 2. The van der Waals surface area contributed by atoms with Gasteiger partial charge in [-0.2, -0.15) is 0 Å². The lowest BCUT2D eigenvalue weighted by Crippen LogP contribution is -2.43. The summed E-state index contributed by atoms with van der Waals surface area (Å²) in [5.41, 5.74) is 6.77. The number of hydrogen-bond donors (Lipinski definition) is 11. The van der Waals surface area contributed by atoms with Crippen molar-refractivity contribution in [1.82, 2.24) is 36.8 Å². The Morgan fingerprint density at radius 1 is 0.529 bits per heavy atom. The van der Waals surface area contributed by atoms with E-state index in [4.69, 9.17) is 46.9 Å². The van der Waals surface area contributed by atoms with Crippen LogP contribution in [-0.4, -0.2) is 139 Å². The van der Waals surface area contributed by atoms with Crippen molar-refractivity contribution in [3.63, 3.8) is 0 Å². The van der Waals surface area contributed by atoms with Crippen LogP contribution in [0.15, 0.2) is 85.2 Å². The number of allylic oxidation sites excluding steroid dienone is 6. The summed E-state index contributed by atoms with van der Waals surface area (Å²) in [7, 11) is 0. The van der Waals surface area contributed by atoms with Crippen LogP contribution in [0.4, 0.5) is 22.7 Å². The number of thiocarbonyl (C=S) groups is 3. The van der Waals surface area contributed by atoms with Crippen molar-refractivity contribution in [2.75, 3.05) is 40.1 Å². The molecule has 0 spiro atoms. The average molecular weight is 1480 g/mol. The van der Waals surface area contributed by atoms with E-state index in [1.807, 2.05) is 30.4 Å². The van der Waals surface area contributed by atoms with Crippen LogP contribution in [-0.2, 0) is 30.0 Å². The summed E-state index contributed by atoms with van der Waals surface area (Å²) >= 11 is 16.5. The molecule has 566 valence electrons. The highest BCUT2D eigenvalue weighted by molar-refractivity contribution is 7.80. The van der Waals surface area contributed by atoms with Crippen molar-refractivity contribution >= 4 is 110 Å². The number of fused-ring (bicyclic) bond motifs is 3. The van der Waals surface area contributed by atoms with Gasteiger partial charge in [0.25, 0.3) is 10.9 Å². The molecular formula is C80H114N12O9S3. The number of carbonyl (C=O) groups is 4. The zero-order valence-corrected chi connectivity index (χ0v) is 66.3. The number of aliphatic imine (C=N–C) groups is 1. The summed E-state index contributed by atoms with van der Waals surface area (Å²) in [6.45, 7) is 34.3. The highest BCUT2D eigenvalue weighted by atomic mass is 32.1. The lowest BCUT2D eigenvalue weighted by molar-refractivity contribution is -0.118. The van der Waals surface area contributed by atoms with E-state index in [-0.39, 0.29) is 93.7 Å². The van der Waals surface area contributed by atoms with E-state index < -0.39 is 22.4 Å². The van der Waals surface area contributed by atoms with Gasteiger partial charge in [-0.3, -0.25) is 28.8 Å². The molecule has 0 bridgehead atoms. The molecule has 3 saturated carbocycles. The van der Waals surface area contributed by atoms with Gasteiger partial charge in [0, 0.05) is 143 Å². The molecule has 21 nitrogen and oxygen atoms in total. The van der Waals surface area contributed by atoms with E-state index in [2.05, 4.69) is 178 Å². The summed E-state index contributed by atoms with van der Waals surface area (Å²) in [6.07, 6.45) is 22.3. The second-order valence-electron chi connectivity index (χ2n) is 32.1. The van der Waals surface area contributed by atoms with Crippen LogP contribution in [0.3, 0.4) is 0 Å². The minimum Gasteiger partial charge on any atom is -0.506 e. The summed E-state index contributed by atoms with van der Waals surface area (Å²) in [5, 5.41) is 56.4. The Kier molecular flexibility index (Phi) is 26.1. The number of aliphatic hydroxyl groups is 1. The predicted molar refractivity (Wildman–Crippen MR) is 431 cm³/mol. The minimum absolute atomic E-state index is 0.00400. The lowest BCUT2D eigenvalue weighted by atomic mass is 9.73. The maximum absolute atomic E-state index is 14.9. The molecule has 3 amide bonds. The third kappa shape index (κ3) is 17.7. The predicted octanol–water partition coefficient (Wildman–Crippen LogP) is 12.4. The van der Waals surface area contributed by atoms with Crippen molar-refractivity contribution in [3.8, 4) is 11.5 Å². The first-order chi connectivity index (χ1) is 49.1. The van der Waals surface area contributed by atoms with E-state index in [0.29, 0.717) is 94.1 Å². The molecule has 5 aliphatic carbocycles. The molecule has 3 aromatic rings. The second kappa shape index (κ2) is 33.8. The molecule has 11 N–H and O–H groups in total. The molecule has 3 heterocycles. The Morgan fingerprint density at radius 2 is 0.952 bits per heavy atom. The van der Waals surface area contributed by atoms with Crippen LogP contribution >= 0.6 is 36.7 Å².